The summed E-state index contributed by atoms with van der Waals surface area (Å²) in [4.78, 5) is 11.3. The standard InChI is InChI=1S/C14H20O4/c1-3-8-10-6-5-7(11(10)9(4-2)16-8)13-12(6)17-14(15)18-13/h6-13H,3-5H2,1-2H3. The Hall–Kier alpha value is -0.770. The molecule has 0 aromatic heterocycles. The Kier molecular flexibility index (Phi) is 2.23. The van der Waals surface area contributed by atoms with Crippen molar-refractivity contribution in [3.63, 3.8) is 0 Å². The molecular weight excluding hydrogens is 232 g/mol. The van der Waals surface area contributed by atoms with Gasteiger partial charge in [-0.25, -0.2) is 4.79 Å². The fraction of sp³-hybridized carbons (Fsp3) is 0.929. The lowest BCUT2D eigenvalue weighted by atomic mass is 9.73. The minimum absolute atomic E-state index is 0.0111. The van der Waals surface area contributed by atoms with Crippen LogP contribution in [0, 0.1) is 23.7 Å². The summed E-state index contributed by atoms with van der Waals surface area (Å²) in [6, 6.07) is 0. The van der Waals surface area contributed by atoms with Gasteiger partial charge in [0.15, 0.2) is 0 Å². The largest absolute Gasteiger partial charge is 0.509 e. The van der Waals surface area contributed by atoms with E-state index in [0.717, 1.165) is 19.3 Å². The van der Waals surface area contributed by atoms with Crippen molar-refractivity contribution in [2.24, 2.45) is 23.7 Å². The third-order valence-corrected chi connectivity index (χ3v) is 5.62. The van der Waals surface area contributed by atoms with Crippen molar-refractivity contribution in [2.45, 2.75) is 57.5 Å². The number of fused-ring (bicyclic) bond motifs is 8. The minimum atomic E-state index is -0.457. The third-order valence-electron chi connectivity index (χ3n) is 5.62. The van der Waals surface area contributed by atoms with E-state index in [9.17, 15) is 4.79 Å². The molecule has 8 atom stereocenters. The topological polar surface area (TPSA) is 44.8 Å². The Morgan fingerprint density at radius 2 is 1.50 bits per heavy atom. The van der Waals surface area contributed by atoms with Gasteiger partial charge in [0, 0.05) is 11.8 Å². The molecule has 2 aliphatic heterocycles. The van der Waals surface area contributed by atoms with E-state index in [1.54, 1.807) is 0 Å². The molecule has 8 unspecified atom stereocenters. The summed E-state index contributed by atoms with van der Waals surface area (Å²) >= 11 is 0. The first-order chi connectivity index (χ1) is 8.74. The van der Waals surface area contributed by atoms with Crippen molar-refractivity contribution in [1.82, 2.24) is 0 Å². The van der Waals surface area contributed by atoms with Crippen molar-refractivity contribution in [3.8, 4) is 0 Å². The average molecular weight is 252 g/mol. The summed E-state index contributed by atoms with van der Waals surface area (Å²) < 4.78 is 16.9. The minimum Gasteiger partial charge on any atom is -0.427 e. The second-order valence-electron chi connectivity index (χ2n) is 6.16. The van der Waals surface area contributed by atoms with Crippen LogP contribution in [-0.2, 0) is 14.2 Å². The highest BCUT2D eigenvalue weighted by atomic mass is 16.8. The van der Waals surface area contributed by atoms with E-state index in [-0.39, 0.29) is 12.2 Å². The van der Waals surface area contributed by atoms with Crippen LogP contribution < -0.4 is 0 Å². The van der Waals surface area contributed by atoms with Gasteiger partial charge in [0.2, 0.25) is 0 Å². The van der Waals surface area contributed by atoms with Crippen molar-refractivity contribution in [3.05, 3.63) is 0 Å². The lowest BCUT2D eigenvalue weighted by molar-refractivity contribution is 0.00569. The second-order valence-corrected chi connectivity index (χ2v) is 6.16. The molecule has 4 aliphatic rings. The van der Waals surface area contributed by atoms with Gasteiger partial charge in [-0.3, -0.25) is 0 Å². The van der Waals surface area contributed by atoms with Gasteiger partial charge < -0.3 is 14.2 Å². The van der Waals surface area contributed by atoms with E-state index in [0.29, 0.717) is 35.9 Å². The van der Waals surface area contributed by atoms with Crippen molar-refractivity contribution in [2.75, 3.05) is 0 Å². The summed E-state index contributed by atoms with van der Waals surface area (Å²) in [6.45, 7) is 4.39. The van der Waals surface area contributed by atoms with Crippen LogP contribution in [0.2, 0.25) is 0 Å². The SMILES string of the molecule is CCC1OC(CC)C2C3CC(C4OC(=O)OC34)C12. The first kappa shape index (κ1) is 11.1. The molecule has 18 heavy (non-hydrogen) atoms. The summed E-state index contributed by atoms with van der Waals surface area (Å²) in [5.74, 6) is 2.11. The van der Waals surface area contributed by atoms with Crippen LogP contribution in [0.3, 0.4) is 0 Å². The molecule has 100 valence electrons. The van der Waals surface area contributed by atoms with Crippen LogP contribution >= 0.6 is 0 Å². The first-order valence-corrected chi connectivity index (χ1v) is 7.27. The zero-order valence-corrected chi connectivity index (χ0v) is 10.9. The normalized spacial score (nSPS) is 56.2. The van der Waals surface area contributed by atoms with Crippen LogP contribution in [0.1, 0.15) is 33.1 Å². The summed E-state index contributed by atoms with van der Waals surface area (Å²) in [5.41, 5.74) is 0. The summed E-state index contributed by atoms with van der Waals surface area (Å²) in [7, 11) is 0. The van der Waals surface area contributed by atoms with E-state index in [1.807, 2.05) is 0 Å². The lowest BCUT2D eigenvalue weighted by Gasteiger charge is -2.33. The van der Waals surface area contributed by atoms with Crippen LogP contribution in [0.15, 0.2) is 0 Å². The van der Waals surface area contributed by atoms with E-state index in [4.69, 9.17) is 14.2 Å². The van der Waals surface area contributed by atoms with E-state index >= 15 is 0 Å². The van der Waals surface area contributed by atoms with Gasteiger partial charge in [-0.1, -0.05) is 13.8 Å². The molecule has 2 bridgehead atoms. The molecule has 4 heteroatoms. The Bertz CT molecular complexity index is 350. The molecule has 4 nitrogen and oxygen atoms in total. The lowest BCUT2D eigenvalue weighted by Crippen LogP contribution is -2.42. The number of rotatable bonds is 2. The van der Waals surface area contributed by atoms with Crippen LogP contribution in [0.4, 0.5) is 4.79 Å². The molecule has 2 saturated heterocycles. The van der Waals surface area contributed by atoms with Crippen LogP contribution in [0.25, 0.3) is 0 Å². The summed E-state index contributed by atoms with van der Waals surface area (Å²) in [5, 5.41) is 0. The molecule has 2 saturated carbocycles. The van der Waals surface area contributed by atoms with E-state index in [1.165, 1.54) is 0 Å². The maximum absolute atomic E-state index is 11.3. The highest BCUT2D eigenvalue weighted by Gasteiger charge is 2.68. The number of carbonyl (C=O) groups is 1. The van der Waals surface area contributed by atoms with Gasteiger partial charge in [-0.15, -0.1) is 0 Å². The number of hydrogen-bond donors (Lipinski definition) is 0. The maximum atomic E-state index is 11.3. The van der Waals surface area contributed by atoms with E-state index < -0.39 is 6.16 Å². The fourth-order valence-corrected chi connectivity index (χ4v) is 5.14. The van der Waals surface area contributed by atoms with Gasteiger partial charge >= 0.3 is 6.16 Å². The Labute approximate surface area is 107 Å². The molecule has 0 N–H and O–H groups in total. The number of ether oxygens (including phenoxy) is 3. The number of hydrogen-bond acceptors (Lipinski definition) is 4. The van der Waals surface area contributed by atoms with Crippen LogP contribution in [-0.4, -0.2) is 30.6 Å². The Balaban J connectivity index is 1.67. The smallest absolute Gasteiger partial charge is 0.427 e. The van der Waals surface area contributed by atoms with E-state index in [2.05, 4.69) is 13.8 Å². The zero-order valence-electron chi connectivity index (χ0n) is 10.9. The van der Waals surface area contributed by atoms with Gasteiger partial charge in [0.1, 0.15) is 12.2 Å². The number of carbonyl (C=O) groups excluding carboxylic acids is 1. The molecule has 0 amide bonds. The predicted molar refractivity (Wildman–Crippen MR) is 63.0 cm³/mol. The van der Waals surface area contributed by atoms with Crippen molar-refractivity contribution < 1.29 is 19.0 Å². The maximum Gasteiger partial charge on any atom is 0.509 e. The predicted octanol–water partition coefficient (Wildman–Crippen LogP) is 2.36. The Morgan fingerprint density at radius 3 is 1.94 bits per heavy atom. The van der Waals surface area contributed by atoms with Crippen LogP contribution in [0.5, 0.6) is 0 Å². The first-order valence-electron chi connectivity index (χ1n) is 7.27. The molecule has 2 aliphatic carbocycles. The highest BCUT2D eigenvalue weighted by Crippen LogP contribution is 2.62. The van der Waals surface area contributed by atoms with Crippen molar-refractivity contribution >= 4 is 6.16 Å². The average Bonchev–Trinajstić information content (AvgIpc) is 3.03. The molecule has 4 fully saturated rings. The third kappa shape index (κ3) is 1.18. The highest BCUT2D eigenvalue weighted by molar-refractivity contribution is 5.63. The Morgan fingerprint density at radius 1 is 1.00 bits per heavy atom. The van der Waals surface area contributed by atoms with Gasteiger partial charge in [0.25, 0.3) is 0 Å². The molecule has 2 heterocycles. The monoisotopic (exact) mass is 252 g/mol. The molecule has 0 radical (unpaired) electrons. The van der Waals surface area contributed by atoms with Gasteiger partial charge in [-0.05, 0) is 31.1 Å². The molecule has 4 rings (SSSR count). The van der Waals surface area contributed by atoms with Gasteiger partial charge in [0.05, 0.1) is 12.2 Å². The zero-order chi connectivity index (χ0) is 12.4. The molecule has 0 aromatic carbocycles. The quantitative estimate of drug-likeness (QED) is 0.708. The fourth-order valence-electron chi connectivity index (χ4n) is 5.14. The van der Waals surface area contributed by atoms with Crippen molar-refractivity contribution in [1.29, 1.82) is 0 Å². The molecule has 0 aromatic rings. The van der Waals surface area contributed by atoms with Gasteiger partial charge in [-0.2, -0.15) is 0 Å². The molecule has 0 spiro atoms. The second kappa shape index (κ2) is 3.62. The molecular formula is C14H20O4. The summed E-state index contributed by atoms with van der Waals surface area (Å²) in [6.07, 6.45) is 3.56.